The molecule has 24 heavy (non-hydrogen) atoms. The van der Waals surface area contributed by atoms with E-state index in [9.17, 15) is 19.0 Å². The molecule has 0 aromatic heterocycles. The standard InChI is InChI=1S/C13H23N2O8P/c1-9(2)10(16)20-5-7-22-24(18,19)23-8-6-21-12(17)13(3)11(14-4)15-13/h11,14-15H,1,5-8H2,2-4H3,(H,18,19). The molecule has 1 fully saturated rings. The maximum atomic E-state index is 11.8. The van der Waals surface area contributed by atoms with Crippen molar-refractivity contribution in [2.75, 3.05) is 33.5 Å². The molecule has 1 rings (SSSR count). The van der Waals surface area contributed by atoms with E-state index in [4.69, 9.17) is 4.74 Å². The minimum Gasteiger partial charge on any atom is -0.462 e. The van der Waals surface area contributed by atoms with E-state index in [-0.39, 0.29) is 38.2 Å². The van der Waals surface area contributed by atoms with Gasteiger partial charge in [0.25, 0.3) is 0 Å². The Morgan fingerprint density at radius 2 is 1.79 bits per heavy atom. The maximum absolute atomic E-state index is 11.8. The van der Waals surface area contributed by atoms with Crippen molar-refractivity contribution in [3.05, 3.63) is 12.2 Å². The summed E-state index contributed by atoms with van der Waals surface area (Å²) < 4.78 is 30.4. The van der Waals surface area contributed by atoms with E-state index in [0.29, 0.717) is 0 Å². The summed E-state index contributed by atoms with van der Waals surface area (Å²) in [5.41, 5.74) is -0.596. The van der Waals surface area contributed by atoms with Crippen molar-refractivity contribution in [2.45, 2.75) is 25.6 Å². The molecule has 1 heterocycles. The Balaban J connectivity index is 2.15. The van der Waals surface area contributed by atoms with Crippen molar-refractivity contribution in [2.24, 2.45) is 0 Å². The molecule has 0 aromatic rings. The van der Waals surface area contributed by atoms with Crippen LogP contribution < -0.4 is 10.6 Å². The fourth-order valence-electron chi connectivity index (χ4n) is 1.68. The number of ether oxygens (including phenoxy) is 2. The number of hydrogen-bond donors (Lipinski definition) is 3. The number of rotatable bonds is 11. The molecule has 0 aromatic carbocycles. The van der Waals surface area contributed by atoms with Gasteiger partial charge in [0, 0.05) is 5.57 Å². The molecule has 1 aliphatic rings. The molecule has 3 N–H and O–H groups in total. The molecule has 1 saturated heterocycles. The average Bonchev–Trinajstić information content (AvgIpc) is 3.20. The zero-order chi connectivity index (χ0) is 18.4. The highest BCUT2D eigenvalue weighted by atomic mass is 31.2. The third-order valence-electron chi connectivity index (χ3n) is 3.14. The normalized spacial score (nSPS) is 24.8. The van der Waals surface area contributed by atoms with Gasteiger partial charge in [-0.15, -0.1) is 0 Å². The van der Waals surface area contributed by atoms with Gasteiger partial charge in [-0.1, -0.05) is 6.58 Å². The van der Waals surface area contributed by atoms with Crippen molar-refractivity contribution in [3.63, 3.8) is 0 Å². The highest BCUT2D eigenvalue weighted by Crippen LogP contribution is 2.42. The highest BCUT2D eigenvalue weighted by molar-refractivity contribution is 7.47. The number of hydrogen-bond acceptors (Lipinski definition) is 9. The van der Waals surface area contributed by atoms with Crippen LogP contribution in [0, 0.1) is 0 Å². The van der Waals surface area contributed by atoms with Gasteiger partial charge in [0.2, 0.25) is 0 Å². The van der Waals surface area contributed by atoms with Crippen molar-refractivity contribution >= 4 is 19.8 Å². The predicted octanol–water partition coefficient (Wildman–Crippen LogP) is -0.310. The summed E-state index contributed by atoms with van der Waals surface area (Å²) in [5.74, 6) is -1.12. The summed E-state index contributed by atoms with van der Waals surface area (Å²) in [7, 11) is -2.61. The number of esters is 2. The van der Waals surface area contributed by atoms with Crippen LogP contribution in [0.3, 0.4) is 0 Å². The summed E-state index contributed by atoms with van der Waals surface area (Å²) in [4.78, 5) is 32.2. The van der Waals surface area contributed by atoms with Crippen LogP contribution in [-0.2, 0) is 32.7 Å². The fourth-order valence-corrected chi connectivity index (χ4v) is 2.37. The number of phosphoric acid groups is 1. The number of carbonyl (C=O) groups is 2. The highest BCUT2D eigenvalue weighted by Gasteiger charge is 2.56. The first kappa shape index (κ1) is 20.8. The summed E-state index contributed by atoms with van der Waals surface area (Å²) in [6, 6.07) is 0. The lowest BCUT2D eigenvalue weighted by Gasteiger charge is -2.13. The van der Waals surface area contributed by atoms with E-state index in [2.05, 4.69) is 31.0 Å². The predicted molar refractivity (Wildman–Crippen MR) is 82.8 cm³/mol. The Kier molecular flexibility index (Phi) is 7.53. The second kappa shape index (κ2) is 8.70. The average molecular weight is 366 g/mol. The molecule has 10 nitrogen and oxygen atoms in total. The van der Waals surface area contributed by atoms with E-state index < -0.39 is 25.3 Å². The van der Waals surface area contributed by atoms with Crippen LogP contribution in [0.4, 0.5) is 0 Å². The minimum atomic E-state index is -4.31. The molecular weight excluding hydrogens is 343 g/mol. The summed E-state index contributed by atoms with van der Waals surface area (Å²) in [6.45, 7) is 5.47. The van der Waals surface area contributed by atoms with Gasteiger partial charge < -0.3 is 19.7 Å². The lowest BCUT2D eigenvalue weighted by atomic mass is 10.2. The third-order valence-corrected chi connectivity index (χ3v) is 4.16. The number of carbonyl (C=O) groups excluding carboxylic acids is 2. The molecule has 0 amide bonds. The summed E-state index contributed by atoms with van der Waals surface area (Å²) >= 11 is 0. The smallest absolute Gasteiger partial charge is 0.462 e. The lowest BCUT2D eigenvalue weighted by Crippen LogP contribution is -2.32. The van der Waals surface area contributed by atoms with Gasteiger partial charge in [-0.2, -0.15) is 0 Å². The first-order chi connectivity index (χ1) is 11.1. The van der Waals surface area contributed by atoms with Crippen LogP contribution in [0.2, 0.25) is 0 Å². The minimum absolute atomic E-state index is 0.167. The quantitative estimate of drug-likeness (QED) is 0.146. The van der Waals surface area contributed by atoms with Crippen LogP contribution in [0.25, 0.3) is 0 Å². The molecule has 0 radical (unpaired) electrons. The van der Waals surface area contributed by atoms with Crippen molar-refractivity contribution in [3.8, 4) is 0 Å². The Morgan fingerprint density at radius 1 is 1.25 bits per heavy atom. The van der Waals surface area contributed by atoms with Gasteiger partial charge >= 0.3 is 19.8 Å². The van der Waals surface area contributed by atoms with Crippen LogP contribution in [0.5, 0.6) is 0 Å². The van der Waals surface area contributed by atoms with Crippen molar-refractivity contribution < 1.29 is 37.6 Å². The Hall–Kier alpha value is -1.29. The molecule has 3 unspecified atom stereocenters. The van der Waals surface area contributed by atoms with E-state index in [1.807, 2.05) is 0 Å². The Morgan fingerprint density at radius 3 is 2.25 bits per heavy atom. The lowest BCUT2D eigenvalue weighted by molar-refractivity contribution is -0.147. The molecule has 138 valence electrons. The third kappa shape index (κ3) is 6.31. The van der Waals surface area contributed by atoms with Crippen LogP contribution in [-0.4, -0.2) is 62.0 Å². The molecule has 1 aliphatic heterocycles. The largest absolute Gasteiger partial charge is 0.472 e. The van der Waals surface area contributed by atoms with Gasteiger partial charge in [-0.25, -0.2) is 14.2 Å². The fraction of sp³-hybridized carbons (Fsp3) is 0.692. The molecule has 0 bridgehead atoms. The first-order valence-corrected chi connectivity index (χ1v) is 8.68. The molecule has 11 heteroatoms. The molecule has 0 spiro atoms. The van der Waals surface area contributed by atoms with Crippen LogP contribution >= 0.6 is 7.82 Å². The van der Waals surface area contributed by atoms with E-state index >= 15 is 0 Å². The molecule has 0 saturated carbocycles. The van der Waals surface area contributed by atoms with E-state index in [0.717, 1.165) is 0 Å². The monoisotopic (exact) mass is 366 g/mol. The zero-order valence-corrected chi connectivity index (χ0v) is 14.8. The van der Waals surface area contributed by atoms with Gasteiger partial charge in [0.1, 0.15) is 18.8 Å². The van der Waals surface area contributed by atoms with Gasteiger partial charge in [0.05, 0.1) is 19.4 Å². The second-order valence-electron chi connectivity index (χ2n) is 5.26. The maximum Gasteiger partial charge on any atom is 0.472 e. The Bertz CT molecular complexity index is 540. The number of phosphoric ester groups is 1. The van der Waals surface area contributed by atoms with E-state index in [1.54, 1.807) is 14.0 Å². The summed E-state index contributed by atoms with van der Waals surface area (Å²) in [5, 5.41) is 5.78. The Labute approximate surface area is 140 Å². The van der Waals surface area contributed by atoms with Crippen LogP contribution in [0.15, 0.2) is 12.2 Å². The first-order valence-electron chi connectivity index (χ1n) is 7.19. The van der Waals surface area contributed by atoms with Gasteiger partial charge in [0.15, 0.2) is 0 Å². The second-order valence-corrected chi connectivity index (χ2v) is 6.71. The van der Waals surface area contributed by atoms with E-state index in [1.165, 1.54) is 6.92 Å². The molecular formula is C13H23N2O8P. The van der Waals surface area contributed by atoms with Crippen molar-refractivity contribution in [1.82, 2.24) is 10.6 Å². The number of likely N-dealkylation sites (N-methyl/N-ethyl adjacent to an activating group) is 1. The number of nitrogens with one attached hydrogen (secondary N) is 2. The molecule has 3 atom stereocenters. The van der Waals surface area contributed by atoms with Crippen molar-refractivity contribution in [1.29, 1.82) is 0 Å². The van der Waals surface area contributed by atoms with Gasteiger partial charge in [-0.3, -0.25) is 14.4 Å². The van der Waals surface area contributed by atoms with Crippen LogP contribution in [0.1, 0.15) is 13.8 Å². The van der Waals surface area contributed by atoms with Gasteiger partial charge in [-0.05, 0) is 20.9 Å². The molecule has 0 aliphatic carbocycles. The SMILES string of the molecule is C=C(C)C(=O)OCCOP(=O)(O)OCCOC(=O)C1(C)NC1NC. The summed E-state index contributed by atoms with van der Waals surface area (Å²) in [6.07, 6.45) is -0.167. The topological polar surface area (TPSA) is 142 Å². The zero-order valence-electron chi connectivity index (χ0n) is 13.9.